The highest BCUT2D eigenvalue weighted by Gasteiger charge is 2.03. The topological polar surface area (TPSA) is 52.3 Å². The Morgan fingerprint density at radius 3 is 2.50 bits per heavy atom. The minimum absolute atomic E-state index is 0.415. The first-order valence-corrected chi connectivity index (χ1v) is 4.20. The molecule has 2 rings (SSSR count). The van der Waals surface area contributed by atoms with Crippen molar-refractivity contribution in [2.75, 3.05) is 5.73 Å². The number of carbonyl (C=O) groups is 1. The molecule has 0 spiro atoms. The van der Waals surface area contributed by atoms with Gasteiger partial charge in [-0.25, -0.2) is 0 Å². The fraction of sp³-hybridized carbons (Fsp3) is 0. The summed E-state index contributed by atoms with van der Waals surface area (Å²) in [5, 5.41) is 1.74. The Labute approximate surface area is 81.1 Å². The standard InChI is InChI=1S/C11H9NO2/c12-10-5-6-11(14-7-13)9-4-2-1-3-8(9)10/h1-7H,12H2. The summed E-state index contributed by atoms with van der Waals surface area (Å²) >= 11 is 0. The lowest BCUT2D eigenvalue weighted by atomic mass is 10.1. The second-order valence-corrected chi connectivity index (χ2v) is 2.91. The monoisotopic (exact) mass is 187 g/mol. The number of nitrogens with two attached hydrogens (primary N) is 1. The Kier molecular flexibility index (Phi) is 2.07. The van der Waals surface area contributed by atoms with Gasteiger partial charge in [0.2, 0.25) is 0 Å². The predicted octanol–water partition coefficient (Wildman–Crippen LogP) is 1.96. The molecule has 0 fully saturated rings. The van der Waals surface area contributed by atoms with Gasteiger partial charge in [0.05, 0.1) is 0 Å². The molecule has 0 saturated heterocycles. The van der Waals surface area contributed by atoms with E-state index in [1.165, 1.54) is 0 Å². The van der Waals surface area contributed by atoms with E-state index in [1.54, 1.807) is 12.1 Å². The summed E-state index contributed by atoms with van der Waals surface area (Å²) in [6.07, 6.45) is 0. The van der Waals surface area contributed by atoms with Crippen molar-refractivity contribution in [3.8, 4) is 5.75 Å². The third kappa shape index (κ3) is 1.29. The number of rotatable bonds is 2. The molecule has 0 amide bonds. The van der Waals surface area contributed by atoms with E-state index in [2.05, 4.69) is 0 Å². The fourth-order valence-electron chi connectivity index (χ4n) is 1.45. The smallest absolute Gasteiger partial charge is 0.298 e. The Balaban J connectivity index is 2.74. The highest BCUT2D eigenvalue weighted by atomic mass is 16.5. The van der Waals surface area contributed by atoms with Crippen LogP contribution in [0.25, 0.3) is 10.8 Å². The van der Waals surface area contributed by atoms with E-state index < -0.39 is 0 Å². The van der Waals surface area contributed by atoms with E-state index in [0.717, 1.165) is 10.8 Å². The largest absolute Gasteiger partial charge is 0.428 e. The van der Waals surface area contributed by atoms with Gasteiger partial charge in [-0.1, -0.05) is 24.3 Å². The van der Waals surface area contributed by atoms with E-state index in [4.69, 9.17) is 10.5 Å². The second kappa shape index (κ2) is 3.38. The molecule has 2 aromatic carbocycles. The highest BCUT2D eigenvalue weighted by molar-refractivity contribution is 5.97. The lowest BCUT2D eigenvalue weighted by Crippen LogP contribution is -1.92. The van der Waals surface area contributed by atoms with E-state index in [0.29, 0.717) is 17.9 Å². The van der Waals surface area contributed by atoms with Gasteiger partial charge < -0.3 is 10.5 Å². The lowest BCUT2D eigenvalue weighted by molar-refractivity contribution is -0.120. The zero-order valence-corrected chi connectivity index (χ0v) is 7.44. The zero-order valence-electron chi connectivity index (χ0n) is 7.44. The summed E-state index contributed by atoms with van der Waals surface area (Å²) in [4.78, 5) is 10.2. The van der Waals surface area contributed by atoms with Gasteiger partial charge in [-0.05, 0) is 12.1 Å². The maximum Gasteiger partial charge on any atom is 0.298 e. The first kappa shape index (κ1) is 8.56. The average Bonchev–Trinajstić information content (AvgIpc) is 2.23. The highest BCUT2D eigenvalue weighted by Crippen LogP contribution is 2.29. The summed E-state index contributed by atoms with van der Waals surface area (Å²) in [6, 6.07) is 10.9. The third-order valence-corrected chi connectivity index (χ3v) is 2.09. The van der Waals surface area contributed by atoms with Crippen molar-refractivity contribution in [1.82, 2.24) is 0 Å². The van der Waals surface area contributed by atoms with E-state index >= 15 is 0 Å². The van der Waals surface area contributed by atoms with Crippen LogP contribution >= 0.6 is 0 Å². The number of carbonyl (C=O) groups excluding carboxylic acids is 1. The van der Waals surface area contributed by atoms with Gasteiger partial charge >= 0.3 is 0 Å². The van der Waals surface area contributed by atoms with Crippen LogP contribution in [0.4, 0.5) is 5.69 Å². The van der Waals surface area contributed by atoms with Crippen LogP contribution in [0.5, 0.6) is 5.75 Å². The van der Waals surface area contributed by atoms with Crippen LogP contribution in [0, 0.1) is 0 Å². The average molecular weight is 187 g/mol. The molecule has 70 valence electrons. The molecule has 0 aromatic heterocycles. The SMILES string of the molecule is Nc1ccc(OC=O)c2ccccc12. The van der Waals surface area contributed by atoms with Crippen LogP contribution in [0.3, 0.4) is 0 Å². The summed E-state index contributed by atoms with van der Waals surface area (Å²) < 4.78 is 4.84. The Hall–Kier alpha value is -2.03. The molecule has 0 unspecified atom stereocenters. The van der Waals surface area contributed by atoms with Gasteiger partial charge in [-0.3, -0.25) is 4.79 Å². The molecule has 2 aromatic rings. The van der Waals surface area contributed by atoms with Crippen LogP contribution in [0.2, 0.25) is 0 Å². The van der Waals surface area contributed by atoms with Crippen LogP contribution in [0.1, 0.15) is 0 Å². The minimum Gasteiger partial charge on any atom is -0.428 e. The van der Waals surface area contributed by atoms with Crippen molar-refractivity contribution in [3.63, 3.8) is 0 Å². The zero-order chi connectivity index (χ0) is 9.97. The van der Waals surface area contributed by atoms with Crippen LogP contribution < -0.4 is 10.5 Å². The number of ether oxygens (including phenoxy) is 1. The molecule has 0 saturated carbocycles. The molecule has 3 heteroatoms. The molecule has 3 nitrogen and oxygen atoms in total. The molecule has 0 aliphatic rings. The third-order valence-electron chi connectivity index (χ3n) is 2.09. The maximum atomic E-state index is 10.2. The number of nitrogen functional groups attached to an aromatic ring is 1. The van der Waals surface area contributed by atoms with Crippen molar-refractivity contribution in [2.24, 2.45) is 0 Å². The molecular formula is C11H9NO2. The van der Waals surface area contributed by atoms with Gasteiger partial charge in [-0.15, -0.1) is 0 Å². The molecule has 0 bridgehead atoms. The predicted molar refractivity (Wildman–Crippen MR) is 55.1 cm³/mol. The van der Waals surface area contributed by atoms with Gasteiger partial charge in [-0.2, -0.15) is 0 Å². The van der Waals surface area contributed by atoms with Gasteiger partial charge in [0.1, 0.15) is 5.75 Å². The first-order valence-electron chi connectivity index (χ1n) is 4.20. The Bertz CT molecular complexity index is 480. The maximum absolute atomic E-state index is 10.2. The fourth-order valence-corrected chi connectivity index (χ4v) is 1.45. The molecule has 0 aliphatic heterocycles. The van der Waals surface area contributed by atoms with Gasteiger partial charge in [0.25, 0.3) is 6.47 Å². The molecule has 0 radical (unpaired) electrons. The molecule has 0 atom stereocenters. The number of fused-ring (bicyclic) bond motifs is 1. The number of hydrogen-bond acceptors (Lipinski definition) is 3. The normalized spacial score (nSPS) is 10.0. The van der Waals surface area contributed by atoms with E-state index in [-0.39, 0.29) is 0 Å². The second-order valence-electron chi connectivity index (χ2n) is 2.91. The van der Waals surface area contributed by atoms with Crippen LogP contribution in [0.15, 0.2) is 36.4 Å². The number of hydrogen-bond donors (Lipinski definition) is 1. The van der Waals surface area contributed by atoms with Crippen LogP contribution in [-0.4, -0.2) is 6.47 Å². The van der Waals surface area contributed by atoms with Crippen molar-refractivity contribution in [2.45, 2.75) is 0 Å². The summed E-state index contributed by atoms with van der Waals surface area (Å²) in [6.45, 7) is 0.415. The summed E-state index contributed by atoms with van der Waals surface area (Å²) in [5.41, 5.74) is 6.46. The van der Waals surface area contributed by atoms with E-state index in [1.807, 2.05) is 24.3 Å². The first-order chi connectivity index (χ1) is 6.83. The van der Waals surface area contributed by atoms with Gasteiger partial charge in [0.15, 0.2) is 0 Å². The molecular weight excluding hydrogens is 178 g/mol. The molecule has 0 heterocycles. The van der Waals surface area contributed by atoms with Crippen molar-refractivity contribution >= 4 is 22.9 Å². The quantitative estimate of drug-likeness (QED) is 0.577. The summed E-state index contributed by atoms with van der Waals surface area (Å²) in [5.74, 6) is 0.532. The molecule has 0 aliphatic carbocycles. The number of benzene rings is 2. The molecule has 2 N–H and O–H groups in total. The van der Waals surface area contributed by atoms with Crippen LogP contribution in [-0.2, 0) is 4.79 Å². The van der Waals surface area contributed by atoms with Crippen molar-refractivity contribution < 1.29 is 9.53 Å². The number of anilines is 1. The molecule has 14 heavy (non-hydrogen) atoms. The Morgan fingerprint density at radius 1 is 1.07 bits per heavy atom. The van der Waals surface area contributed by atoms with E-state index in [9.17, 15) is 4.79 Å². The lowest BCUT2D eigenvalue weighted by Gasteiger charge is -2.05. The Morgan fingerprint density at radius 2 is 1.79 bits per heavy atom. The van der Waals surface area contributed by atoms with Crippen molar-refractivity contribution in [1.29, 1.82) is 0 Å². The summed E-state index contributed by atoms with van der Waals surface area (Å²) in [7, 11) is 0. The van der Waals surface area contributed by atoms with Gasteiger partial charge in [0, 0.05) is 16.5 Å². The minimum atomic E-state index is 0.415. The van der Waals surface area contributed by atoms with Crippen molar-refractivity contribution in [3.05, 3.63) is 36.4 Å².